The van der Waals surface area contributed by atoms with Gasteiger partial charge in [0, 0.05) is 17.3 Å². The Bertz CT molecular complexity index is 769. The second-order valence-electron chi connectivity index (χ2n) is 6.01. The summed E-state index contributed by atoms with van der Waals surface area (Å²) >= 11 is 0. The molecule has 0 aromatic heterocycles. The zero-order valence-electron chi connectivity index (χ0n) is 14.6. The molecule has 1 heterocycles. The third kappa shape index (κ3) is 3.70. The number of methoxy groups -OCH3 is 2. The largest absolute Gasteiger partial charge is 0.466 e. The molecule has 0 unspecified atom stereocenters. The maximum Gasteiger partial charge on any atom is 0.355 e. The van der Waals surface area contributed by atoms with Crippen LogP contribution in [0.15, 0.2) is 35.5 Å². The quantitative estimate of drug-likeness (QED) is 0.782. The van der Waals surface area contributed by atoms with Gasteiger partial charge in [0.2, 0.25) is 0 Å². The van der Waals surface area contributed by atoms with Gasteiger partial charge >= 0.3 is 11.9 Å². The zero-order valence-corrected chi connectivity index (χ0v) is 14.6. The van der Waals surface area contributed by atoms with Crippen LogP contribution in [0.4, 0.5) is 5.69 Å². The van der Waals surface area contributed by atoms with Crippen LogP contribution in [-0.2, 0) is 23.8 Å². The summed E-state index contributed by atoms with van der Waals surface area (Å²) in [5.41, 5.74) is 1.11. The van der Waals surface area contributed by atoms with Crippen LogP contribution in [0, 0.1) is 0 Å². The molecule has 3 rings (SSSR count). The monoisotopic (exact) mass is 360 g/mol. The van der Waals surface area contributed by atoms with Crippen molar-refractivity contribution in [2.24, 2.45) is 0 Å². The van der Waals surface area contributed by atoms with Gasteiger partial charge in [-0.3, -0.25) is 4.79 Å². The summed E-state index contributed by atoms with van der Waals surface area (Å²) in [6, 6.07) is 7.00. The minimum absolute atomic E-state index is 0.0403. The molecule has 1 aliphatic heterocycles. The molecular formula is C18H20N2O6. The summed E-state index contributed by atoms with van der Waals surface area (Å²) in [6.07, 6.45) is 1.98. The molecule has 8 nitrogen and oxygen atoms in total. The van der Waals surface area contributed by atoms with Gasteiger partial charge in [-0.25, -0.2) is 9.59 Å². The van der Waals surface area contributed by atoms with Crippen LogP contribution in [0.2, 0.25) is 0 Å². The highest BCUT2D eigenvalue weighted by Crippen LogP contribution is 2.27. The van der Waals surface area contributed by atoms with Gasteiger partial charge in [0.15, 0.2) is 0 Å². The molecule has 0 radical (unpaired) electrons. The number of hydrogen-bond acceptors (Lipinski definition) is 7. The normalized spacial score (nSPS) is 16.9. The number of amides is 1. The number of carbonyl (C=O) groups excluding carboxylic acids is 3. The van der Waals surface area contributed by atoms with Crippen LogP contribution in [0.5, 0.6) is 0 Å². The van der Waals surface area contributed by atoms with Crippen LogP contribution >= 0.6 is 0 Å². The van der Waals surface area contributed by atoms with E-state index in [1.807, 2.05) is 0 Å². The second-order valence-corrected chi connectivity index (χ2v) is 6.01. The van der Waals surface area contributed by atoms with Crippen LogP contribution in [0.1, 0.15) is 23.2 Å². The molecule has 1 fully saturated rings. The second kappa shape index (κ2) is 7.57. The maximum absolute atomic E-state index is 12.3. The van der Waals surface area contributed by atoms with Crippen molar-refractivity contribution in [3.8, 4) is 0 Å². The Morgan fingerprint density at radius 1 is 1.15 bits per heavy atom. The van der Waals surface area contributed by atoms with Crippen molar-refractivity contribution in [2.75, 3.05) is 32.5 Å². The summed E-state index contributed by atoms with van der Waals surface area (Å²) in [7, 11) is 2.46. The highest BCUT2D eigenvalue weighted by atomic mass is 16.5. The van der Waals surface area contributed by atoms with Crippen molar-refractivity contribution in [1.29, 1.82) is 0 Å². The Balaban J connectivity index is 1.96. The first kappa shape index (κ1) is 17.9. The van der Waals surface area contributed by atoms with E-state index >= 15 is 0 Å². The predicted molar refractivity (Wildman–Crippen MR) is 91.3 cm³/mol. The number of esters is 2. The van der Waals surface area contributed by atoms with Crippen molar-refractivity contribution in [2.45, 2.75) is 18.9 Å². The van der Waals surface area contributed by atoms with Crippen molar-refractivity contribution >= 4 is 23.5 Å². The molecule has 0 atom stereocenters. The number of carbonyl (C=O) groups is 3. The summed E-state index contributed by atoms with van der Waals surface area (Å²) < 4.78 is 15.0. The highest BCUT2D eigenvalue weighted by molar-refractivity contribution is 6.03. The summed E-state index contributed by atoms with van der Waals surface area (Å²) in [4.78, 5) is 38.1. The lowest BCUT2D eigenvalue weighted by atomic mass is 10.1. The Morgan fingerprint density at radius 2 is 1.88 bits per heavy atom. The molecule has 1 amide bonds. The van der Waals surface area contributed by atoms with Crippen molar-refractivity contribution in [3.63, 3.8) is 0 Å². The van der Waals surface area contributed by atoms with E-state index in [0.29, 0.717) is 11.3 Å². The fourth-order valence-corrected chi connectivity index (χ4v) is 2.66. The lowest BCUT2D eigenvalue weighted by molar-refractivity contribution is -0.140. The fraction of sp³-hybridized carbons (Fsp3) is 0.389. The maximum atomic E-state index is 12.3. The summed E-state index contributed by atoms with van der Waals surface area (Å²) in [5, 5.41) is 2.92. The molecule has 1 saturated carbocycles. The zero-order chi connectivity index (χ0) is 18.7. The van der Waals surface area contributed by atoms with Crippen LogP contribution in [0.3, 0.4) is 0 Å². The predicted octanol–water partition coefficient (Wildman–Crippen LogP) is 0.973. The molecule has 1 aliphatic carbocycles. The molecule has 1 aromatic carbocycles. The molecule has 8 heteroatoms. The van der Waals surface area contributed by atoms with Gasteiger partial charge in [0.1, 0.15) is 12.4 Å². The standard InChI is InChI=1S/C18H20N2O6/c1-24-17(22)14-9-26-10-20(15(14)18(23)25-2)13-5-3-4-11(8-13)16(21)19-12-6-7-12/h3-5,8,12H,6-7,9-10H2,1-2H3,(H,19,21). The van der Waals surface area contributed by atoms with Gasteiger partial charge in [-0.1, -0.05) is 6.07 Å². The Labute approximate surface area is 150 Å². The van der Waals surface area contributed by atoms with E-state index in [1.54, 1.807) is 24.3 Å². The van der Waals surface area contributed by atoms with Crippen molar-refractivity contribution < 1.29 is 28.6 Å². The van der Waals surface area contributed by atoms with E-state index in [4.69, 9.17) is 14.2 Å². The SMILES string of the molecule is COC(=O)C1=C(C(=O)OC)N(c2cccc(C(=O)NC3CC3)c2)COC1. The first-order chi connectivity index (χ1) is 12.5. The Morgan fingerprint density at radius 3 is 2.54 bits per heavy atom. The molecule has 0 saturated heterocycles. The highest BCUT2D eigenvalue weighted by Gasteiger charge is 2.32. The third-order valence-electron chi connectivity index (χ3n) is 4.17. The average Bonchev–Trinajstić information content (AvgIpc) is 3.50. The average molecular weight is 360 g/mol. The Kier molecular flexibility index (Phi) is 5.22. The van der Waals surface area contributed by atoms with Gasteiger partial charge < -0.3 is 24.4 Å². The van der Waals surface area contributed by atoms with Crippen LogP contribution in [-0.4, -0.2) is 51.4 Å². The van der Waals surface area contributed by atoms with E-state index in [1.165, 1.54) is 19.1 Å². The number of nitrogens with one attached hydrogen (secondary N) is 1. The topological polar surface area (TPSA) is 94.2 Å². The van der Waals surface area contributed by atoms with Crippen molar-refractivity contribution in [3.05, 3.63) is 41.1 Å². The molecule has 1 N–H and O–H groups in total. The molecule has 0 bridgehead atoms. The van der Waals surface area contributed by atoms with Gasteiger partial charge in [-0.2, -0.15) is 0 Å². The smallest absolute Gasteiger partial charge is 0.355 e. The van der Waals surface area contributed by atoms with Crippen molar-refractivity contribution in [1.82, 2.24) is 5.32 Å². The number of benzene rings is 1. The minimum atomic E-state index is -0.679. The van der Waals surface area contributed by atoms with E-state index in [0.717, 1.165) is 12.8 Å². The van der Waals surface area contributed by atoms with E-state index in [-0.39, 0.29) is 36.6 Å². The molecule has 1 aromatic rings. The van der Waals surface area contributed by atoms with Gasteiger partial charge in [-0.15, -0.1) is 0 Å². The number of nitrogens with zero attached hydrogens (tertiary/aromatic N) is 1. The number of ether oxygens (including phenoxy) is 3. The lowest BCUT2D eigenvalue weighted by Gasteiger charge is -2.31. The molecular weight excluding hydrogens is 340 g/mol. The van der Waals surface area contributed by atoms with Crippen LogP contribution in [0.25, 0.3) is 0 Å². The minimum Gasteiger partial charge on any atom is -0.466 e. The first-order valence-electron chi connectivity index (χ1n) is 8.21. The van der Waals surface area contributed by atoms with E-state index in [2.05, 4.69) is 5.32 Å². The van der Waals surface area contributed by atoms with Gasteiger partial charge in [0.25, 0.3) is 5.91 Å². The number of hydrogen-bond donors (Lipinski definition) is 1. The molecule has 26 heavy (non-hydrogen) atoms. The molecule has 0 spiro atoms. The number of rotatable bonds is 5. The number of anilines is 1. The lowest BCUT2D eigenvalue weighted by Crippen LogP contribution is -2.39. The van der Waals surface area contributed by atoms with E-state index < -0.39 is 11.9 Å². The molecule has 2 aliphatic rings. The third-order valence-corrected chi connectivity index (χ3v) is 4.17. The molecule has 138 valence electrons. The summed E-state index contributed by atoms with van der Waals surface area (Å²) in [6.45, 7) is -0.0198. The van der Waals surface area contributed by atoms with E-state index in [9.17, 15) is 14.4 Å². The van der Waals surface area contributed by atoms with Gasteiger partial charge in [0.05, 0.1) is 26.4 Å². The van der Waals surface area contributed by atoms with Gasteiger partial charge in [-0.05, 0) is 31.0 Å². The van der Waals surface area contributed by atoms with Crippen LogP contribution < -0.4 is 10.2 Å². The first-order valence-corrected chi connectivity index (χ1v) is 8.21. The summed E-state index contributed by atoms with van der Waals surface area (Å²) in [5.74, 6) is -1.52. The Hall–Kier alpha value is -2.87. The fourth-order valence-electron chi connectivity index (χ4n) is 2.66.